The number of aromatic nitrogens is 2. The highest BCUT2D eigenvalue weighted by molar-refractivity contribution is 7.99. The van der Waals surface area contributed by atoms with Gasteiger partial charge >= 0.3 is 0 Å². The fourth-order valence-electron chi connectivity index (χ4n) is 3.77. The second kappa shape index (κ2) is 9.35. The smallest absolute Gasteiger partial charge is 0.267 e. The van der Waals surface area contributed by atoms with Crippen LogP contribution in [0, 0.1) is 5.92 Å². The van der Waals surface area contributed by atoms with Crippen LogP contribution in [-0.2, 0) is 17.6 Å². The minimum atomic E-state index is -0.0277. The van der Waals surface area contributed by atoms with Gasteiger partial charge in [-0.2, -0.15) is 0 Å². The number of carbonyl (C=O) groups excluding carboxylic acids is 1. The Morgan fingerprint density at radius 2 is 2.00 bits per heavy atom. The van der Waals surface area contributed by atoms with E-state index in [2.05, 4.69) is 19.2 Å². The van der Waals surface area contributed by atoms with Crippen LogP contribution in [0.1, 0.15) is 43.6 Å². The molecule has 0 saturated heterocycles. The second-order valence-electron chi connectivity index (χ2n) is 8.08. The molecule has 7 heteroatoms. The number of amides is 1. The summed E-state index contributed by atoms with van der Waals surface area (Å²) in [5.41, 5.74) is 1.95. The molecular weight excluding hydrogens is 414 g/mol. The SMILES string of the molecule is CC(C)CCNC(=O)CSc1nc2sc3c(c2c(=O)n1-c1ccccc1)CCCC3. The molecule has 0 saturated carbocycles. The van der Waals surface area contributed by atoms with Crippen LogP contribution in [0.3, 0.4) is 0 Å². The second-order valence-corrected chi connectivity index (χ2v) is 10.1. The van der Waals surface area contributed by atoms with Gasteiger partial charge in [0.05, 0.1) is 16.8 Å². The molecule has 1 N–H and O–H groups in total. The first-order chi connectivity index (χ1) is 14.5. The number of fused-ring (bicyclic) bond motifs is 3. The zero-order valence-electron chi connectivity index (χ0n) is 17.4. The van der Waals surface area contributed by atoms with E-state index >= 15 is 0 Å². The standard InChI is InChI=1S/C23H27N3O2S2/c1-15(2)12-13-24-19(27)14-29-23-25-21-20(17-10-6-7-11-18(17)30-21)22(28)26(23)16-8-4-3-5-9-16/h3-5,8-9,15H,6-7,10-14H2,1-2H3,(H,24,27). The number of hydrogen-bond acceptors (Lipinski definition) is 5. The molecule has 1 amide bonds. The van der Waals surface area contributed by atoms with Gasteiger partial charge in [-0.15, -0.1) is 11.3 Å². The Bertz CT molecular complexity index is 1100. The van der Waals surface area contributed by atoms with Crippen LogP contribution < -0.4 is 10.9 Å². The average Bonchev–Trinajstić information content (AvgIpc) is 3.11. The monoisotopic (exact) mass is 441 g/mol. The van der Waals surface area contributed by atoms with E-state index in [-0.39, 0.29) is 17.2 Å². The molecule has 5 nitrogen and oxygen atoms in total. The van der Waals surface area contributed by atoms with Crippen LogP contribution >= 0.6 is 23.1 Å². The summed E-state index contributed by atoms with van der Waals surface area (Å²) in [6.45, 7) is 4.95. The van der Waals surface area contributed by atoms with E-state index in [0.29, 0.717) is 17.6 Å². The lowest BCUT2D eigenvalue weighted by Gasteiger charge is -2.13. The van der Waals surface area contributed by atoms with Gasteiger partial charge in [-0.05, 0) is 55.7 Å². The molecule has 2 aromatic heterocycles. The van der Waals surface area contributed by atoms with Crippen molar-refractivity contribution in [1.82, 2.24) is 14.9 Å². The number of thioether (sulfide) groups is 1. The Balaban J connectivity index is 1.69. The molecule has 1 aliphatic carbocycles. The number of nitrogens with zero attached hydrogens (tertiary/aromatic N) is 2. The van der Waals surface area contributed by atoms with Crippen molar-refractivity contribution in [1.29, 1.82) is 0 Å². The molecule has 0 spiro atoms. The molecule has 0 atom stereocenters. The Morgan fingerprint density at radius 3 is 2.77 bits per heavy atom. The van der Waals surface area contributed by atoms with E-state index in [1.807, 2.05) is 30.3 Å². The number of aryl methyl sites for hydroxylation is 2. The molecule has 0 aliphatic heterocycles. The molecule has 30 heavy (non-hydrogen) atoms. The minimum Gasteiger partial charge on any atom is -0.355 e. The Kier molecular flexibility index (Phi) is 6.58. The highest BCUT2D eigenvalue weighted by Gasteiger charge is 2.23. The molecule has 0 bridgehead atoms. The lowest BCUT2D eigenvalue weighted by molar-refractivity contribution is -0.118. The molecule has 4 rings (SSSR count). The molecule has 1 aromatic carbocycles. The predicted molar refractivity (Wildman–Crippen MR) is 125 cm³/mol. The summed E-state index contributed by atoms with van der Waals surface area (Å²) in [6, 6.07) is 9.60. The number of benzene rings is 1. The summed E-state index contributed by atoms with van der Waals surface area (Å²) in [4.78, 5) is 32.9. The fourth-order valence-corrected chi connectivity index (χ4v) is 5.91. The van der Waals surface area contributed by atoms with Crippen LogP contribution in [0.15, 0.2) is 40.3 Å². The third-order valence-corrected chi connectivity index (χ3v) is 7.47. The predicted octanol–water partition coefficient (Wildman–Crippen LogP) is 4.58. The van der Waals surface area contributed by atoms with E-state index in [9.17, 15) is 9.59 Å². The van der Waals surface area contributed by atoms with Gasteiger partial charge in [0.2, 0.25) is 5.91 Å². The van der Waals surface area contributed by atoms with Gasteiger partial charge in [0.15, 0.2) is 5.16 Å². The van der Waals surface area contributed by atoms with Crippen molar-refractivity contribution in [3.8, 4) is 5.69 Å². The van der Waals surface area contributed by atoms with Gasteiger partial charge in [-0.3, -0.25) is 14.2 Å². The fraction of sp³-hybridized carbons (Fsp3) is 0.435. The zero-order valence-corrected chi connectivity index (χ0v) is 19.1. The summed E-state index contributed by atoms with van der Waals surface area (Å²) in [5, 5.41) is 4.31. The molecule has 0 fully saturated rings. The number of carbonyl (C=O) groups is 1. The highest BCUT2D eigenvalue weighted by Crippen LogP contribution is 2.35. The number of rotatable bonds is 7. The minimum absolute atomic E-state index is 0.0201. The Morgan fingerprint density at radius 1 is 1.23 bits per heavy atom. The molecule has 0 radical (unpaired) electrons. The van der Waals surface area contributed by atoms with E-state index in [0.717, 1.165) is 41.6 Å². The van der Waals surface area contributed by atoms with Crippen molar-refractivity contribution in [3.05, 3.63) is 51.1 Å². The van der Waals surface area contributed by atoms with Gasteiger partial charge in [0, 0.05) is 11.4 Å². The molecule has 0 unspecified atom stereocenters. The Labute approximate surface area is 184 Å². The summed E-state index contributed by atoms with van der Waals surface area (Å²) >= 11 is 2.98. The normalized spacial score (nSPS) is 13.6. The quantitative estimate of drug-likeness (QED) is 0.431. The molecular formula is C23H27N3O2S2. The first-order valence-electron chi connectivity index (χ1n) is 10.6. The van der Waals surface area contributed by atoms with E-state index < -0.39 is 0 Å². The Hall–Kier alpha value is -2.12. The van der Waals surface area contributed by atoms with Gasteiger partial charge in [0.25, 0.3) is 5.56 Å². The highest BCUT2D eigenvalue weighted by atomic mass is 32.2. The summed E-state index contributed by atoms with van der Waals surface area (Å²) in [6.07, 6.45) is 5.23. The van der Waals surface area contributed by atoms with E-state index in [1.165, 1.54) is 28.6 Å². The number of thiophene rings is 1. The van der Waals surface area contributed by atoms with Gasteiger partial charge in [-0.25, -0.2) is 4.98 Å². The maximum Gasteiger partial charge on any atom is 0.267 e. The molecule has 158 valence electrons. The van der Waals surface area contributed by atoms with Gasteiger partial charge < -0.3 is 5.32 Å². The van der Waals surface area contributed by atoms with E-state index in [4.69, 9.17) is 4.98 Å². The first kappa shape index (κ1) is 21.1. The topological polar surface area (TPSA) is 64.0 Å². The van der Waals surface area contributed by atoms with Crippen LogP contribution in [-0.4, -0.2) is 27.8 Å². The average molecular weight is 442 g/mol. The third-order valence-electron chi connectivity index (χ3n) is 5.35. The van der Waals surface area contributed by atoms with Crippen molar-refractivity contribution in [2.24, 2.45) is 5.92 Å². The van der Waals surface area contributed by atoms with E-state index in [1.54, 1.807) is 15.9 Å². The van der Waals surface area contributed by atoms with Crippen LogP contribution in [0.25, 0.3) is 15.9 Å². The lowest BCUT2D eigenvalue weighted by atomic mass is 9.97. The summed E-state index contributed by atoms with van der Waals surface area (Å²) in [7, 11) is 0. The summed E-state index contributed by atoms with van der Waals surface area (Å²) < 4.78 is 1.68. The van der Waals surface area contributed by atoms with Gasteiger partial charge in [0.1, 0.15) is 4.83 Å². The van der Waals surface area contributed by atoms with Crippen molar-refractivity contribution >= 4 is 39.2 Å². The number of nitrogens with one attached hydrogen (secondary N) is 1. The zero-order chi connectivity index (χ0) is 21.1. The first-order valence-corrected chi connectivity index (χ1v) is 12.4. The van der Waals surface area contributed by atoms with Crippen LogP contribution in [0.4, 0.5) is 0 Å². The maximum absolute atomic E-state index is 13.6. The number of para-hydroxylation sites is 1. The summed E-state index contributed by atoms with van der Waals surface area (Å²) in [5.74, 6) is 0.767. The van der Waals surface area contributed by atoms with Gasteiger partial charge in [-0.1, -0.05) is 43.8 Å². The van der Waals surface area contributed by atoms with Crippen LogP contribution in [0.2, 0.25) is 0 Å². The largest absolute Gasteiger partial charge is 0.355 e. The van der Waals surface area contributed by atoms with Crippen molar-refractivity contribution in [2.45, 2.75) is 51.1 Å². The van der Waals surface area contributed by atoms with Crippen molar-refractivity contribution in [3.63, 3.8) is 0 Å². The van der Waals surface area contributed by atoms with Crippen LogP contribution in [0.5, 0.6) is 0 Å². The van der Waals surface area contributed by atoms with Crippen molar-refractivity contribution in [2.75, 3.05) is 12.3 Å². The number of hydrogen-bond donors (Lipinski definition) is 1. The molecule has 1 aliphatic rings. The maximum atomic E-state index is 13.6. The molecule has 3 aromatic rings. The third kappa shape index (κ3) is 4.47. The molecule has 2 heterocycles. The lowest BCUT2D eigenvalue weighted by Crippen LogP contribution is -2.28. The van der Waals surface area contributed by atoms with Crippen molar-refractivity contribution < 1.29 is 4.79 Å².